The van der Waals surface area contributed by atoms with E-state index in [9.17, 15) is 4.39 Å². The van der Waals surface area contributed by atoms with Gasteiger partial charge < -0.3 is 0 Å². The molecule has 0 aliphatic rings. The second-order valence-corrected chi connectivity index (χ2v) is 8.50. The molecule has 0 fully saturated rings. The molecule has 0 saturated heterocycles. The lowest BCUT2D eigenvalue weighted by Gasteiger charge is -2.03. The molecule has 0 aromatic heterocycles. The molecule has 0 N–H and O–H groups in total. The van der Waals surface area contributed by atoms with Crippen LogP contribution in [0.15, 0.2) is 66.7 Å². The molecular formula is C32H33F. The summed E-state index contributed by atoms with van der Waals surface area (Å²) in [6, 6.07) is 21.7. The molecule has 33 heavy (non-hydrogen) atoms. The fourth-order valence-corrected chi connectivity index (χ4v) is 3.71. The third-order valence-corrected chi connectivity index (χ3v) is 5.67. The normalized spacial score (nSPS) is 10.2. The lowest BCUT2D eigenvalue weighted by molar-refractivity contribution is 0.613. The Balaban J connectivity index is 1.58. The van der Waals surface area contributed by atoms with Crippen molar-refractivity contribution in [3.05, 3.63) is 106 Å². The molecule has 0 saturated carbocycles. The topological polar surface area (TPSA) is 0 Å². The van der Waals surface area contributed by atoms with Crippen LogP contribution in [-0.4, -0.2) is 0 Å². The Morgan fingerprint density at radius 3 is 1.67 bits per heavy atom. The summed E-state index contributed by atoms with van der Waals surface area (Å²) in [4.78, 5) is 0. The standard InChI is InChI=1S/C32H33F/c1-3-5-6-7-8-10-30-22-24-31(32(33)25-30)23-21-29-19-17-28(18-20-29)16-15-27-13-11-26(9-4-2)12-14-27/h11-14,17-20,22,24-25H,3-10H2,1-2H3. The van der Waals surface area contributed by atoms with E-state index in [1.54, 1.807) is 12.1 Å². The zero-order valence-corrected chi connectivity index (χ0v) is 19.9. The van der Waals surface area contributed by atoms with Crippen molar-refractivity contribution in [2.75, 3.05) is 0 Å². The molecule has 0 atom stereocenters. The molecule has 0 aliphatic carbocycles. The van der Waals surface area contributed by atoms with Crippen LogP contribution >= 0.6 is 0 Å². The summed E-state index contributed by atoms with van der Waals surface area (Å²) in [6.07, 6.45) is 9.29. The van der Waals surface area contributed by atoms with Crippen molar-refractivity contribution < 1.29 is 4.39 Å². The summed E-state index contributed by atoms with van der Waals surface area (Å²) >= 11 is 0. The predicted molar refractivity (Wildman–Crippen MR) is 138 cm³/mol. The Bertz CT molecular complexity index is 1130. The van der Waals surface area contributed by atoms with Crippen molar-refractivity contribution in [3.8, 4) is 23.7 Å². The average molecular weight is 437 g/mol. The molecule has 3 aromatic carbocycles. The van der Waals surface area contributed by atoms with Gasteiger partial charge in [-0.15, -0.1) is 0 Å². The highest BCUT2D eigenvalue weighted by Gasteiger charge is 2.02. The molecule has 0 bridgehead atoms. The first-order chi connectivity index (χ1) is 16.2. The summed E-state index contributed by atoms with van der Waals surface area (Å²) < 4.78 is 14.5. The lowest BCUT2D eigenvalue weighted by atomic mass is 10.0. The zero-order valence-electron chi connectivity index (χ0n) is 19.9. The second-order valence-electron chi connectivity index (χ2n) is 8.50. The maximum atomic E-state index is 14.5. The Kier molecular flexibility index (Phi) is 9.82. The van der Waals surface area contributed by atoms with Crippen LogP contribution in [0.5, 0.6) is 0 Å². The van der Waals surface area contributed by atoms with Crippen molar-refractivity contribution in [1.82, 2.24) is 0 Å². The molecule has 0 nitrogen and oxygen atoms in total. The predicted octanol–water partition coefficient (Wildman–Crippen LogP) is 8.09. The van der Waals surface area contributed by atoms with Crippen molar-refractivity contribution in [1.29, 1.82) is 0 Å². The molecule has 3 rings (SSSR count). The number of rotatable bonds is 8. The highest BCUT2D eigenvalue weighted by Crippen LogP contribution is 2.14. The third kappa shape index (κ3) is 8.29. The average Bonchev–Trinajstić information content (AvgIpc) is 2.84. The number of benzene rings is 3. The van der Waals surface area contributed by atoms with E-state index in [4.69, 9.17) is 0 Å². The van der Waals surface area contributed by atoms with Crippen LogP contribution in [-0.2, 0) is 12.8 Å². The fourth-order valence-electron chi connectivity index (χ4n) is 3.71. The van der Waals surface area contributed by atoms with Gasteiger partial charge in [0.25, 0.3) is 0 Å². The van der Waals surface area contributed by atoms with Crippen LogP contribution in [0.25, 0.3) is 0 Å². The van der Waals surface area contributed by atoms with Crippen LogP contribution in [0.1, 0.15) is 85.8 Å². The Morgan fingerprint density at radius 1 is 0.545 bits per heavy atom. The van der Waals surface area contributed by atoms with E-state index in [-0.39, 0.29) is 5.82 Å². The SMILES string of the molecule is CCCCCCCc1ccc(C#Cc2ccc(C#Cc3ccc(CCC)cc3)cc2)c(F)c1. The molecule has 3 aromatic rings. The molecule has 0 radical (unpaired) electrons. The largest absolute Gasteiger partial charge is 0.206 e. The van der Waals surface area contributed by atoms with Crippen molar-refractivity contribution >= 4 is 0 Å². The van der Waals surface area contributed by atoms with Crippen LogP contribution in [0.4, 0.5) is 4.39 Å². The second kappa shape index (κ2) is 13.3. The minimum atomic E-state index is -0.235. The van der Waals surface area contributed by atoms with Crippen molar-refractivity contribution in [2.45, 2.75) is 65.2 Å². The Hall–Kier alpha value is -3.29. The monoisotopic (exact) mass is 436 g/mol. The van der Waals surface area contributed by atoms with Crippen molar-refractivity contribution in [3.63, 3.8) is 0 Å². The van der Waals surface area contributed by atoms with E-state index >= 15 is 0 Å². The highest BCUT2D eigenvalue weighted by molar-refractivity contribution is 5.48. The molecule has 0 unspecified atom stereocenters. The van der Waals surface area contributed by atoms with Gasteiger partial charge in [-0.3, -0.25) is 0 Å². The zero-order chi connectivity index (χ0) is 23.3. The first-order valence-electron chi connectivity index (χ1n) is 12.2. The molecule has 0 spiro atoms. The van der Waals surface area contributed by atoms with Gasteiger partial charge in [-0.25, -0.2) is 4.39 Å². The number of hydrogen-bond donors (Lipinski definition) is 0. The highest BCUT2D eigenvalue weighted by atomic mass is 19.1. The summed E-state index contributed by atoms with van der Waals surface area (Å²) in [5.74, 6) is 12.2. The lowest BCUT2D eigenvalue weighted by Crippen LogP contribution is -1.91. The van der Waals surface area contributed by atoms with E-state index in [1.165, 1.54) is 31.2 Å². The maximum Gasteiger partial charge on any atom is 0.139 e. The van der Waals surface area contributed by atoms with Crippen molar-refractivity contribution in [2.24, 2.45) is 0 Å². The van der Waals surface area contributed by atoms with Gasteiger partial charge in [0, 0.05) is 16.7 Å². The molecule has 168 valence electrons. The summed E-state index contributed by atoms with van der Waals surface area (Å²) in [6.45, 7) is 4.40. The minimum Gasteiger partial charge on any atom is -0.206 e. The van der Waals surface area contributed by atoms with E-state index in [1.807, 2.05) is 30.3 Å². The third-order valence-electron chi connectivity index (χ3n) is 5.67. The summed E-state index contributed by atoms with van der Waals surface area (Å²) in [5, 5.41) is 0. The van der Waals surface area contributed by atoms with Crippen LogP contribution in [0, 0.1) is 29.5 Å². The van der Waals surface area contributed by atoms with Gasteiger partial charge in [-0.1, -0.05) is 87.8 Å². The van der Waals surface area contributed by atoms with E-state index in [2.05, 4.69) is 61.8 Å². The summed E-state index contributed by atoms with van der Waals surface area (Å²) in [5.41, 5.74) is 5.65. The first-order valence-corrected chi connectivity index (χ1v) is 12.2. The van der Waals surface area contributed by atoms with Gasteiger partial charge in [0.1, 0.15) is 5.82 Å². The van der Waals surface area contributed by atoms with Gasteiger partial charge in [-0.2, -0.15) is 0 Å². The number of halogens is 1. The van der Waals surface area contributed by atoms with Gasteiger partial charge in [0.2, 0.25) is 0 Å². The number of hydrogen-bond acceptors (Lipinski definition) is 0. The van der Waals surface area contributed by atoms with Crippen LogP contribution in [0.3, 0.4) is 0 Å². The number of unbranched alkanes of at least 4 members (excludes halogenated alkanes) is 4. The van der Waals surface area contributed by atoms with Crippen LogP contribution < -0.4 is 0 Å². The Morgan fingerprint density at radius 2 is 1.09 bits per heavy atom. The molecule has 0 heterocycles. The van der Waals surface area contributed by atoms with E-state index in [0.717, 1.165) is 47.9 Å². The fraction of sp³-hybridized carbons (Fsp3) is 0.312. The van der Waals surface area contributed by atoms with E-state index in [0.29, 0.717) is 5.56 Å². The van der Waals surface area contributed by atoms with Gasteiger partial charge in [0.05, 0.1) is 5.56 Å². The van der Waals surface area contributed by atoms with Gasteiger partial charge >= 0.3 is 0 Å². The first kappa shape index (κ1) is 24.4. The minimum absolute atomic E-state index is 0.235. The Labute approximate surface area is 199 Å². The molecular weight excluding hydrogens is 403 g/mol. The van der Waals surface area contributed by atoms with Crippen LogP contribution in [0.2, 0.25) is 0 Å². The smallest absolute Gasteiger partial charge is 0.139 e. The quantitative estimate of drug-likeness (QED) is 0.247. The molecule has 0 aliphatic heterocycles. The maximum absolute atomic E-state index is 14.5. The van der Waals surface area contributed by atoms with E-state index < -0.39 is 0 Å². The molecule has 0 amide bonds. The number of aryl methyl sites for hydroxylation is 2. The van der Waals surface area contributed by atoms with Gasteiger partial charge in [-0.05, 0) is 78.9 Å². The summed E-state index contributed by atoms with van der Waals surface area (Å²) in [7, 11) is 0. The van der Waals surface area contributed by atoms with Gasteiger partial charge in [0.15, 0.2) is 0 Å². The molecule has 1 heteroatoms.